The van der Waals surface area contributed by atoms with E-state index in [1.54, 1.807) is 0 Å². The number of phenolic OH excluding ortho intramolecular Hbond substituents is 2. The number of hydrogen-bond acceptors (Lipinski definition) is 5. The van der Waals surface area contributed by atoms with E-state index in [0.717, 1.165) is 19.7 Å². The van der Waals surface area contributed by atoms with Crippen LogP contribution in [0.4, 0.5) is 0 Å². The molecule has 1 amide bonds. The number of aromatic hydroxyl groups is 2. The van der Waals surface area contributed by atoms with E-state index in [-0.39, 0.29) is 23.5 Å². The monoisotopic (exact) mass is 292 g/mol. The minimum absolute atomic E-state index is 0.00834. The number of phenols is 2. The predicted molar refractivity (Wildman–Crippen MR) is 76.4 cm³/mol. The van der Waals surface area contributed by atoms with Crippen LogP contribution in [0.2, 0.25) is 0 Å². The van der Waals surface area contributed by atoms with Gasteiger partial charge in [0.2, 0.25) is 0 Å². The molecule has 2 atom stereocenters. The normalized spacial score (nSPS) is 25.5. The first-order valence-electron chi connectivity index (χ1n) is 7.29. The standard InChI is InChI=1S/C15H20N2O4/c18-13-4-3-10(6-14(13)19)15(20)16-7-12-8-17-5-1-2-11(17)9-21-12/h3-4,6,11-12,18-19H,1-2,5,7-9H2,(H,16,20). The Morgan fingerprint density at radius 3 is 3.05 bits per heavy atom. The Morgan fingerprint density at radius 1 is 1.38 bits per heavy atom. The summed E-state index contributed by atoms with van der Waals surface area (Å²) in [4.78, 5) is 14.4. The minimum atomic E-state index is -0.295. The lowest BCUT2D eigenvalue weighted by Crippen LogP contribution is -2.50. The van der Waals surface area contributed by atoms with Crippen LogP contribution in [0, 0.1) is 0 Å². The summed E-state index contributed by atoms with van der Waals surface area (Å²) in [6.45, 7) is 3.15. The molecule has 2 heterocycles. The lowest BCUT2D eigenvalue weighted by molar-refractivity contribution is -0.0461. The molecule has 0 aromatic heterocycles. The summed E-state index contributed by atoms with van der Waals surface area (Å²) in [5.41, 5.74) is 0.320. The van der Waals surface area contributed by atoms with Crippen molar-refractivity contribution in [2.24, 2.45) is 0 Å². The fourth-order valence-electron chi connectivity index (χ4n) is 2.98. The van der Waals surface area contributed by atoms with Crippen LogP contribution in [0.25, 0.3) is 0 Å². The molecule has 6 heteroatoms. The van der Waals surface area contributed by atoms with Crippen molar-refractivity contribution in [3.63, 3.8) is 0 Å². The zero-order valence-electron chi connectivity index (χ0n) is 11.8. The fraction of sp³-hybridized carbons (Fsp3) is 0.533. The second-order valence-electron chi connectivity index (χ2n) is 5.66. The maximum Gasteiger partial charge on any atom is 0.251 e. The van der Waals surface area contributed by atoms with Crippen molar-refractivity contribution >= 4 is 5.91 Å². The maximum atomic E-state index is 12.0. The smallest absolute Gasteiger partial charge is 0.251 e. The number of nitrogens with zero attached hydrogens (tertiary/aromatic N) is 1. The van der Waals surface area contributed by atoms with E-state index in [2.05, 4.69) is 10.2 Å². The molecule has 2 unspecified atom stereocenters. The van der Waals surface area contributed by atoms with Crippen LogP contribution in [0.5, 0.6) is 11.5 Å². The molecule has 21 heavy (non-hydrogen) atoms. The molecule has 2 fully saturated rings. The van der Waals surface area contributed by atoms with Crippen molar-refractivity contribution in [2.45, 2.75) is 25.0 Å². The van der Waals surface area contributed by atoms with Crippen LogP contribution >= 0.6 is 0 Å². The summed E-state index contributed by atoms with van der Waals surface area (Å²) in [5.74, 6) is -0.809. The van der Waals surface area contributed by atoms with Gasteiger partial charge >= 0.3 is 0 Å². The molecule has 2 aliphatic rings. The Kier molecular flexibility index (Phi) is 3.98. The van der Waals surface area contributed by atoms with Crippen LogP contribution in [0.15, 0.2) is 18.2 Å². The molecule has 3 N–H and O–H groups in total. The van der Waals surface area contributed by atoms with Crippen molar-refractivity contribution in [3.8, 4) is 11.5 Å². The Labute approximate surface area is 123 Å². The molecule has 0 aliphatic carbocycles. The molecule has 1 aromatic rings. The number of benzene rings is 1. The average molecular weight is 292 g/mol. The van der Waals surface area contributed by atoms with Crippen LogP contribution in [0.3, 0.4) is 0 Å². The summed E-state index contributed by atoms with van der Waals surface area (Å²) >= 11 is 0. The second-order valence-corrected chi connectivity index (χ2v) is 5.66. The zero-order chi connectivity index (χ0) is 14.8. The van der Waals surface area contributed by atoms with Gasteiger partial charge in [0.1, 0.15) is 0 Å². The van der Waals surface area contributed by atoms with Gasteiger partial charge in [0.15, 0.2) is 11.5 Å². The van der Waals surface area contributed by atoms with E-state index in [1.165, 1.54) is 31.0 Å². The quantitative estimate of drug-likeness (QED) is 0.714. The third-order valence-corrected chi connectivity index (χ3v) is 4.19. The van der Waals surface area contributed by atoms with Gasteiger partial charge in [-0.1, -0.05) is 0 Å². The van der Waals surface area contributed by atoms with Gasteiger partial charge in [-0.25, -0.2) is 0 Å². The van der Waals surface area contributed by atoms with Crippen LogP contribution < -0.4 is 5.32 Å². The Hall–Kier alpha value is -1.79. The van der Waals surface area contributed by atoms with Crippen molar-refractivity contribution in [2.75, 3.05) is 26.2 Å². The van der Waals surface area contributed by atoms with E-state index in [1.807, 2.05) is 0 Å². The lowest BCUT2D eigenvalue weighted by Gasteiger charge is -2.35. The maximum absolute atomic E-state index is 12.0. The Morgan fingerprint density at radius 2 is 2.24 bits per heavy atom. The van der Waals surface area contributed by atoms with Crippen molar-refractivity contribution in [1.29, 1.82) is 0 Å². The number of ether oxygens (including phenoxy) is 1. The van der Waals surface area contributed by atoms with Gasteiger partial charge < -0.3 is 20.3 Å². The predicted octanol–water partition coefficient (Wildman–Crippen LogP) is 0.691. The largest absolute Gasteiger partial charge is 0.504 e. The summed E-state index contributed by atoms with van der Waals surface area (Å²) < 4.78 is 5.78. The lowest BCUT2D eigenvalue weighted by atomic mass is 10.1. The summed E-state index contributed by atoms with van der Waals surface area (Å²) in [7, 11) is 0. The van der Waals surface area contributed by atoms with E-state index >= 15 is 0 Å². The van der Waals surface area contributed by atoms with E-state index in [4.69, 9.17) is 4.74 Å². The van der Waals surface area contributed by atoms with Gasteiger partial charge in [0.25, 0.3) is 5.91 Å². The van der Waals surface area contributed by atoms with Crippen molar-refractivity contribution < 1.29 is 19.7 Å². The molecule has 2 aliphatic heterocycles. The highest BCUT2D eigenvalue weighted by Crippen LogP contribution is 2.25. The third-order valence-electron chi connectivity index (χ3n) is 4.19. The number of amides is 1. The first-order chi connectivity index (χ1) is 10.1. The topological polar surface area (TPSA) is 82.0 Å². The van der Waals surface area contributed by atoms with E-state index in [9.17, 15) is 15.0 Å². The molecule has 0 saturated carbocycles. The summed E-state index contributed by atoms with van der Waals surface area (Å²) in [6, 6.07) is 4.58. The molecule has 3 rings (SSSR count). The zero-order valence-corrected chi connectivity index (χ0v) is 11.8. The molecule has 114 valence electrons. The highest BCUT2D eigenvalue weighted by molar-refractivity contribution is 5.94. The van der Waals surface area contributed by atoms with Crippen molar-refractivity contribution in [1.82, 2.24) is 10.2 Å². The fourth-order valence-corrected chi connectivity index (χ4v) is 2.98. The van der Waals surface area contributed by atoms with Gasteiger partial charge in [0, 0.05) is 24.7 Å². The molecule has 6 nitrogen and oxygen atoms in total. The summed E-state index contributed by atoms with van der Waals surface area (Å²) in [5, 5.41) is 21.5. The molecule has 0 radical (unpaired) electrons. The van der Waals surface area contributed by atoms with Gasteiger partial charge in [0.05, 0.1) is 12.7 Å². The number of rotatable bonds is 3. The number of morpholine rings is 1. The summed E-state index contributed by atoms with van der Waals surface area (Å²) in [6.07, 6.45) is 2.43. The first kappa shape index (κ1) is 14.2. The van der Waals surface area contributed by atoms with Gasteiger partial charge in [-0.15, -0.1) is 0 Å². The SMILES string of the molecule is O=C(NCC1CN2CCCC2CO1)c1ccc(O)c(O)c1. The number of nitrogens with one attached hydrogen (secondary N) is 1. The highest BCUT2D eigenvalue weighted by Gasteiger charge is 2.32. The second kappa shape index (κ2) is 5.91. The van der Waals surface area contributed by atoms with E-state index in [0.29, 0.717) is 18.2 Å². The molecule has 2 saturated heterocycles. The third kappa shape index (κ3) is 3.11. The number of carbonyl (C=O) groups excluding carboxylic acids is 1. The van der Waals surface area contributed by atoms with Gasteiger partial charge in [-0.3, -0.25) is 9.69 Å². The Balaban J connectivity index is 1.52. The van der Waals surface area contributed by atoms with Gasteiger partial charge in [-0.2, -0.15) is 0 Å². The van der Waals surface area contributed by atoms with Gasteiger partial charge in [-0.05, 0) is 37.6 Å². The molecular formula is C15H20N2O4. The first-order valence-corrected chi connectivity index (χ1v) is 7.29. The molecule has 0 spiro atoms. The number of hydrogen-bond donors (Lipinski definition) is 3. The van der Waals surface area contributed by atoms with E-state index < -0.39 is 0 Å². The number of carbonyl (C=O) groups is 1. The average Bonchev–Trinajstić information content (AvgIpc) is 2.95. The van der Waals surface area contributed by atoms with Crippen LogP contribution in [-0.2, 0) is 4.74 Å². The molecular weight excluding hydrogens is 272 g/mol. The molecule has 0 bridgehead atoms. The van der Waals surface area contributed by atoms with Crippen LogP contribution in [0.1, 0.15) is 23.2 Å². The number of fused-ring (bicyclic) bond motifs is 1. The Bertz CT molecular complexity index is 534. The van der Waals surface area contributed by atoms with Crippen LogP contribution in [-0.4, -0.2) is 59.4 Å². The molecule has 1 aromatic carbocycles. The minimum Gasteiger partial charge on any atom is -0.504 e. The van der Waals surface area contributed by atoms with Crippen molar-refractivity contribution in [3.05, 3.63) is 23.8 Å². The highest BCUT2D eigenvalue weighted by atomic mass is 16.5.